The first-order valence-corrected chi connectivity index (χ1v) is 10.5. The van der Waals surface area contributed by atoms with E-state index in [4.69, 9.17) is 0 Å². The molecule has 154 valence electrons. The molecule has 0 aliphatic carbocycles. The third kappa shape index (κ3) is 5.43. The number of hydrogen-bond acceptors (Lipinski definition) is 3. The van der Waals surface area contributed by atoms with Gasteiger partial charge in [0.05, 0.1) is 6.04 Å². The monoisotopic (exact) mass is 395 g/mol. The lowest BCUT2D eigenvalue weighted by molar-refractivity contribution is -0.114. The van der Waals surface area contributed by atoms with Crippen LogP contribution >= 0.6 is 0 Å². The van der Waals surface area contributed by atoms with Crippen LogP contribution in [0.15, 0.2) is 59.7 Å². The van der Waals surface area contributed by atoms with E-state index in [1.54, 1.807) is 12.1 Å². The van der Waals surface area contributed by atoms with Gasteiger partial charge in [-0.25, -0.2) is 4.39 Å². The van der Waals surface area contributed by atoms with Crippen LogP contribution in [0.3, 0.4) is 0 Å². The summed E-state index contributed by atoms with van der Waals surface area (Å²) in [6, 6.07) is 16.7. The van der Waals surface area contributed by atoms with Gasteiger partial charge in [0.25, 0.3) is 5.91 Å². The minimum atomic E-state index is -0.243. The summed E-state index contributed by atoms with van der Waals surface area (Å²) in [6.45, 7) is 5.51. The summed E-state index contributed by atoms with van der Waals surface area (Å²) in [5.41, 5.74) is 2.27. The highest BCUT2D eigenvalue weighted by Crippen LogP contribution is 2.32. The van der Waals surface area contributed by atoms with Crippen LogP contribution in [0.4, 0.5) is 4.39 Å². The van der Waals surface area contributed by atoms with E-state index in [0.29, 0.717) is 24.2 Å². The Morgan fingerprint density at radius 3 is 2.62 bits per heavy atom. The fourth-order valence-corrected chi connectivity index (χ4v) is 3.68. The van der Waals surface area contributed by atoms with E-state index in [9.17, 15) is 9.18 Å². The molecule has 0 fully saturated rings. The van der Waals surface area contributed by atoms with Crippen molar-refractivity contribution in [2.75, 3.05) is 13.1 Å². The number of carbonyl (C=O) groups is 1. The smallest absolute Gasteiger partial charge is 0.267 e. The Morgan fingerprint density at radius 2 is 1.90 bits per heavy atom. The normalized spacial score (nSPS) is 17.1. The van der Waals surface area contributed by atoms with Crippen molar-refractivity contribution in [3.05, 3.63) is 71.5 Å². The predicted molar refractivity (Wildman–Crippen MR) is 115 cm³/mol. The van der Waals surface area contributed by atoms with E-state index >= 15 is 0 Å². The Balaban J connectivity index is 1.66. The van der Waals surface area contributed by atoms with Gasteiger partial charge >= 0.3 is 0 Å². The number of amides is 1. The fraction of sp³-hybridized carbons (Fsp3) is 0.417. The highest BCUT2D eigenvalue weighted by molar-refractivity contribution is 6.39. The van der Waals surface area contributed by atoms with Crippen LogP contribution in [0.2, 0.25) is 0 Å². The Bertz CT molecular complexity index is 837. The van der Waals surface area contributed by atoms with Crippen LogP contribution in [-0.4, -0.2) is 29.7 Å². The van der Waals surface area contributed by atoms with E-state index in [1.165, 1.54) is 11.6 Å². The average molecular weight is 396 g/mol. The molecule has 1 amide bonds. The minimum Gasteiger partial charge on any atom is -0.350 e. The van der Waals surface area contributed by atoms with Crippen LogP contribution in [-0.2, 0) is 4.79 Å². The average Bonchev–Trinajstić information content (AvgIpc) is 3.17. The fourth-order valence-electron chi connectivity index (χ4n) is 3.68. The topological polar surface area (TPSA) is 44.7 Å². The van der Waals surface area contributed by atoms with E-state index in [0.717, 1.165) is 25.8 Å². The van der Waals surface area contributed by atoms with Crippen molar-refractivity contribution in [2.45, 2.75) is 51.5 Å². The molecule has 1 aliphatic heterocycles. The maximum Gasteiger partial charge on any atom is 0.267 e. The van der Waals surface area contributed by atoms with Crippen molar-refractivity contribution in [1.82, 2.24) is 10.3 Å². The molecule has 2 atom stereocenters. The predicted octanol–water partition coefficient (Wildman–Crippen LogP) is 5.04. The second-order valence-electron chi connectivity index (χ2n) is 7.68. The summed E-state index contributed by atoms with van der Waals surface area (Å²) in [5, 5.41) is 9.48. The standard InChI is InChI=1S/C24H30FN3O/c1-3-4-10-15-28-23(20-13-8-9-14-21(20)25)16-22(27-28)24(29)26-17-18(2)19-11-6-5-7-12-19/h5-9,11-14,18,23H,3-4,10,15-17H2,1-2H3,(H,26,29). The van der Waals surface area contributed by atoms with Crippen LogP contribution in [0.5, 0.6) is 0 Å². The third-order valence-corrected chi connectivity index (χ3v) is 5.45. The van der Waals surface area contributed by atoms with Gasteiger partial charge in [0.15, 0.2) is 0 Å². The maximum atomic E-state index is 14.4. The molecule has 2 aromatic rings. The number of hydrazone groups is 1. The molecule has 0 spiro atoms. The molecule has 3 rings (SSSR count). The highest BCUT2D eigenvalue weighted by atomic mass is 19.1. The molecule has 0 saturated heterocycles. The molecule has 0 aromatic heterocycles. The Hall–Kier alpha value is -2.69. The van der Waals surface area contributed by atoms with Crippen molar-refractivity contribution < 1.29 is 9.18 Å². The molecular weight excluding hydrogens is 365 g/mol. The lowest BCUT2D eigenvalue weighted by Crippen LogP contribution is -2.33. The van der Waals surface area contributed by atoms with Crippen LogP contribution in [0.25, 0.3) is 0 Å². The lowest BCUT2D eigenvalue weighted by atomic mass is 9.99. The van der Waals surface area contributed by atoms with E-state index < -0.39 is 0 Å². The summed E-state index contributed by atoms with van der Waals surface area (Å²) >= 11 is 0. The van der Waals surface area contributed by atoms with Gasteiger partial charge in [-0.05, 0) is 24.0 Å². The first-order valence-electron chi connectivity index (χ1n) is 10.5. The number of benzene rings is 2. The SMILES string of the molecule is CCCCCN1N=C(C(=O)NCC(C)c2ccccc2)CC1c1ccccc1F. The molecule has 5 heteroatoms. The van der Waals surface area contributed by atoms with Crippen LogP contribution in [0, 0.1) is 5.82 Å². The summed E-state index contributed by atoms with van der Waals surface area (Å²) < 4.78 is 14.4. The van der Waals surface area contributed by atoms with Gasteiger partial charge in [-0.3, -0.25) is 9.80 Å². The first kappa shape index (κ1) is 21.0. The maximum absolute atomic E-state index is 14.4. The number of carbonyl (C=O) groups excluding carboxylic acids is 1. The van der Waals surface area contributed by atoms with Gasteiger partial charge in [-0.2, -0.15) is 5.10 Å². The van der Waals surface area contributed by atoms with Crippen LogP contribution < -0.4 is 5.32 Å². The second-order valence-corrected chi connectivity index (χ2v) is 7.68. The van der Waals surface area contributed by atoms with Crippen molar-refractivity contribution in [3.63, 3.8) is 0 Å². The molecule has 0 saturated carbocycles. The van der Waals surface area contributed by atoms with Crippen LogP contribution in [0.1, 0.15) is 62.6 Å². The third-order valence-electron chi connectivity index (χ3n) is 5.45. The zero-order chi connectivity index (χ0) is 20.6. The first-order chi connectivity index (χ1) is 14.1. The molecule has 0 bridgehead atoms. The van der Waals surface area contributed by atoms with Gasteiger partial charge < -0.3 is 5.32 Å². The summed E-state index contributed by atoms with van der Waals surface area (Å²) in [6.07, 6.45) is 3.60. The Morgan fingerprint density at radius 1 is 1.17 bits per heavy atom. The zero-order valence-electron chi connectivity index (χ0n) is 17.3. The molecular formula is C24H30FN3O. The second kappa shape index (κ2) is 10.2. The minimum absolute atomic E-state index is 0.160. The van der Waals surface area contributed by atoms with E-state index in [1.807, 2.05) is 29.3 Å². The molecule has 29 heavy (non-hydrogen) atoms. The summed E-state index contributed by atoms with van der Waals surface area (Å²) in [5.74, 6) is -0.190. The van der Waals surface area contributed by atoms with Crippen molar-refractivity contribution >= 4 is 11.6 Å². The zero-order valence-corrected chi connectivity index (χ0v) is 17.3. The molecule has 2 aromatic carbocycles. The molecule has 4 nitrogen and oxygen atoms in total. The number of rotatable bonds is 9. The number of hydrogen-bond donors (Lipinski definition) is 1. The van der Waals surface area contributed by atoms with Crippen molar-refractivity contribution in [2.24, 2.45) is 5.10 Å². The van der Waals surface area contributed by atoms with Gasteiger partial charge in [0, 0.05) is 25.1 Å². The lowest BCUT2D eigenvalue weighted by Gasteiger charge is -2.24. The van der Waals surface area contributed by atoms with Gasteiger partial charge in [0.1, 0.15) is 11.5 Å². The number of nitrogens with zero attached hydrogens (tertiary/aromatic N) is 2. The van der Waals surface area contributed by atoms with E-state index in [2.05, 4.69) is 36.4 Å². The number of halogens is 1. The van der Waals surface area contributed by atoms with Gasteiger partial charge in [-0.1, -0.05) is 75.2 Å². The van der Waals surface area contributed by atoms with Gasteiger partial charge in [0.2, 0.25) is 0 Å². The number of nitrogens with one attached hydrogen (secondary N) is 1. The molecule has 0 radical (unpaired) electrons. The molecule has 2 unspecified atom stereocenters. The molecule has 1 aliphatic rings. The molecule has 1 N–H and O–H groups in total. The van der Waals surface area contributed by atoms with Crippen molar-refractivity contribution in [3.8, 4) is 0 Å². The van der Waals surface area contributed by atoms with E-state index in [-0.39, 0.29) is 23.7 Å². The van der Waals surface area contributed by atoms with Gasteiger partial charge in [-0.15, -0.1) is 0 Å². The largest absolute Gasteiger partial charge is 0.350 e. The quantitative estimate of drug-likeness (QED) is 0.605. The highest BCUT2D eigenvalue weighted by Gasteiger charge is 2.32. The van der Waals surface area contributed by atoms with Crippen molar-refractivity contribution in [1.29, 1.82) is 0 Å². The summed E-state index contributed by atoms with van der Waals surface area (Å²) in [4.78, 5) is 12.8. The Kier molecular flexibility index (Phi) is 7.39. The molecule has 1 heterocycles. The number of unbranched alkanes of at least 4 members (excludes halogenated alkanes) is 2. The summed E-state index contributed by atoms with van der Waals surface area (Å²) in [7, 11) is 0. The Labute approximate surface area is 172 Å².